The van der Waals surface area contributed by atoms with Crippen LogP contribution in [0, 0.1) is 12.8 Å². The smallest absolute Gasteiger partial charge is 0.225 e. The first kappa shape index (κ1) is 14.8. The van der Waals surface area contributed by atoms with E-state index >= 15 is 0 Å². The van der Waals surface area contributed by atoms with Gasteiger partial charge in [0.15, 0.2) is 0 Å². The highest BCUT2D eigenvalue weighted by Gasteiger charge is 2.28. The highest BCUT2D eigenvalue weighted by molar-refractivity contribution is 5.80. The average molecular weight is 275 g/mol. The van der Waals surface area contributed by atoms with E-state index in [1.54, 1.807) is 0 Å². The van der Waals surface area contributed by atoms with E-state index in [9.17, 15) is 4.79 Å². The monoisotopic (exact) mass is 275 g/mol. The van der Waals surface area contributed by atoms with E-state index in [1.807, 2.05) is 40.0 Å². The molecule has 110 valence electrons. The number of aromatic nitrogens is 1. The second kappa shape index (κ2) is 5.81. The number of nitrogens with one attached hydrogen (secondary N) is 1. The van der Waals surface area contributed by atoms with Crippen molar-refractivity contribution >= 4 is 11.7 Å². The van der Waals surface area contributed by atoms with Gasteiger partial charge >= 0.3 is 0 Å². The fraction of sp³-hybridized carbons (Fsp3) is 0.625. The number of rotatable bonds is 2. The molecule has 0 bridgehead atoms. The van der Waals surface area contributed by atoms with E-state index in [1.165, 1.54) is 0 Å². The van der Waals surface area contributed by atoms with Crippen LogP contribution < -0.4 is 10.2 Å². The van der Waals surface area contributed by atoms with E-state index in [2.05, 4.69) is 21.3 Å². The Bertz CT molecular complexity index is 462. The van der Waals surface area contributed by atoms with Crippen molar-refractivity contribution in [2.45, 2.75) is 46.1 Å². The van der Waals surface area contributed by atoms with Gasteiger partial charge in [-0.2, -0.15) is 0 Å². The number of piperidine rings is 1. The first-order valence-corrected chi connectivity index (χ1v) is 7.35. The van der Waals surface area contributed by atoms with Crippen LogP contribution in [-0.2, 0) is 4.79 Å². The molecule has 0 aromatic carbocycles. The maximum absolute atomic E-state index is 12.3. The van der Waals surface area contributed by atoms with Gasteiger partial charge in [0.05, 0.1) is 5.92 Å². The minimum atomic E-state index is -0.165. The van der Waals surface area contributed by atoms with Crippen LogP contribution >= 0.6 is 0 Å². The Kier molecular flexibility index (Phi) is 4.31. The summed E-state index contributed by atoms with van der Waals surface area (Å²) < 4.78 is 0. The van der Waals surface area contributed by atoms with Crippen molar-refractivity contribution in [3.63, 3.8) is 0 Å². The summed E-state index contributed by atoms with van der Waals surface area (Å²) in [6, 6.07) is 4.11. The molecule has 1 aliphatic rings. The van der Waals surface area contributed by atoms with Crippen molar-refractivity contribution in [3.05, 3.63) is 23.9 Å². The first-order valence-electron chi connectivity index (χ1n) is 7.35. The molecule has 0 saturated carbocycles. The third-order valence-corrected chi connectivity index (χ3v) is 3.51. The first-order chi connectivity index (χ1) is 9.35. The third kappa shape index (κ3) is 3.95. The standard InChI is InChI=1S/C16H25N3O/c1-12-7-8-14(17-10-12)19-9-5-6-13(11-19)15(20)18-16(2,3)4/h7-8,10,13H,5-6,9,11H2,1-4H3,(H,18,20). The lowest BCUT2D eigenvalue weighted by atomic mass is 9.95. The number of aryl methyl sites for hydroxylation is 1. The van der Waals surface area contributed by atoms with Gasteiger partial charge in [-0.05, 0) is 52.2 Å². The van der Waals surface area contributed by atoms with Crippen molar-refractivity contribution < 1.29 is 4.79 Å². The van der Waals surface area contributed by atoms with E-state index in [0.29, 0.717) is 0 Å². The van der Waals surface area contributed by atoms with Gasteiger partial charge < -0.3 is 10.2 Å². The fourth-order valence-corrected chi connectivity index (χ4v) is 2.52. The molecule has 1 aromatic heterocycles. The summed E-state index contributed by atoms with van der Waals surface area (Å²) in [5.74, 6) is 1.20. The molecule has 1 N–H and O–H groups in total. The molecule has 1 aromatic rings. The van der Waals surface area contributed by atoms with Crippen LogP contribution in [0.15, 0.2) is 18.3 Å². The molecule has 0 aliphatic carbocycles. The van der Waals surface area contributed by atoms with Crippen LogP contribution in [0.4, 0.5) is 5.82 Å². The van der Waals surface area contributed by atoms with Gasteiger partial charge in [-0.1, -0.05) is 6.07 Å². The molecule has 20 heavy (non-hydrogen) atoms. The minimum Gasteiger partial charge on any atom is -0.356 e. The molecule has 2 rings (SSSR count). The van der Waals surface area contributed by atoms with Crippen molar-refractivity contribution in [1.29, 1.82) is 0 Å². The van der Waals surface area contributed by atoms with E-state index in [0.717, 1.165) is 37.3 Å². The van der Waals surface area contributed by atoms with Gasteiger partial charge in [-0.15, -0.1) is 0 Å². The van der Waals surface area contributed by atoms with Gasteiger partial charge in [0.25, 0.3) is 0 Å². The molecule has 1 atom stereocenters. The second-order valence-electron chi connectivity index (χ2n) is 6.72. The molecular weight excluding hydrogens is 250 g/mol. The number of amides is 1. The Morgan fingerprint density at radius 2 is 2.15 bits per heavy atom. The van der Waals surface area contributed by atoms with Crippen LogP contribution in [0.2, 0.25) is 0 Å². The summed E-state index contributed by atoms with van der Waals surface area (Å²) in [5.41, 5.74) is 0.995. The summed E-state index contributed by atoms with van der Waals surface area (Å²) in [7, 11) is 0. The topological polar surface area (TPSA) is 45.2 Å². The van der Waals surface area contributed by atoms with Crippen molar-refractivity contribution in [2.24, 2.45) is 5.92 Å². The summed E-state index contributed by atoms with van der Waals surface area (Å²) in [4.78, 5) is 19.0. The lowest BCUT2D eigenvalue weighted by Crippen LogP contribution is -2.48. The molecule has 0 radical (unpaired) electrons. The van der Waals surface area contributed by atoms with E-state index in [4.69, 9.17) is 0 Å². The molecule has 1 fully saturated rings. The van der Waals surface area contributed by atoms with Crippen LogP contribution in [0.5, 0.6) is 0 Å². The summed E-state index contributed by atoms with van der Waals surface area (Å²) in [5, 5.41) is 3.08. The van der Waals surface area contributed by atoms with E-state index < -0.39 is 0 Å². The number of hydrogen-bond donors (Lipinski definition) is 1. The predicted octanol–water partition coefficient (Wildman–Crippen LogP) is 2.52. The quantitative estimate of drug-likeness (QED) is 0.902. The fourth-order valence-electron chi connectivity index (χ4n) is 2.52. The van der Waals surface area contributed by atoms with Crippen LogP contribution in [-0.4, -0.2) is 29.5 Å². The molecule has 1 aliphatic heterocycles. The number of carbonyl (C=O) groups excluding carboxylic acids is 1. The minimum absolute atomic E-state index is 0.0612. The molecule has 2 heterocycles. The Morgan fingerprint density at radius 3 is 2.75 bits per heavy atom. The van der Waals surface area contributed by atoms with Crippen LogP contribution in [0.1, 0.15) is 39.2 Å². The van der Waals surface area contributed by atoms with Crippen molar-refractivity contribution in [1.82, 2.24) is 10.3 Å². The highest BCUT2D eigenvalue weighted by atomic mass is 16.2. The molecule has 4 nitrogen and oxygen atoms in total. The number of carbonyl (C=O) groups is 1. The highest BCUT2D eigenvalue weighted by Crippen LogP contribution is 2.22. The van der Waals surface area contributed by atoms with Gasteiger partial charge in [-0.25, -0.2) is 4.98 Å². The Hall–Kier alpha value is -1.58. The molecule has 1 saturated heterocycles. The molecule has 4 heteroatoms. The molecule has 1 unspecified atom stereocenters. The van der Waals surface area contributed by atoms with Gasteiger partial charge in [0, 0.05) is 24.8 Å². The van der Waals surface area contributed by atoms with E-state index in [-0.39, 0.29) is 17.4 Å². The van der Waals surface area contributed by atoms with Crippen LogP contribution in [0.3, 0.4) is 0 Å². The van der Waals surface area contributed by atoms with Crippen molar-refractivity contribution in [3.8, 4) is 0 Å². The predicted molar refractivity (Wildman–Crippen MR) is 81.8 cm³/mol. The lowest BCUT2D eigenvalue weighted by Gasteiger charge is -2.34. The molecular formula is C16H25N3O. The van der Waals surface area contributed by atoms with Crippen molar-refractivity contribution in [2.75, 3.05) is 18.0 Å². The second-order valence-corrected chi connectivity index (χ2v) is 6.72. The zero-order valence-electron chi connectivity index (χ0n) is 12.9. The number of hydrogen-bond acceptors (Lipinski definition) is 3. The zero-order chi connectivity index (χ0) is 14.8. The molecule has 0 spiro atoms. The maximum atomic E-state index is 12.3. The number of pyridine rings is 1. The molecule has 1 amide bonds. The van der Waals surface area contributed by atoms with Gasteiger partial charge in [0.1, 0.15) is 5.82 Å². The Balaban J connectivity index is 2.01. The Morgan fingerprint density at radius 1 is 1.40 bits per heavy atom. The van der Waals surface area contributed by atoms with Gasteiger partial charge in [0.2, 0.25) is 5.91 Å². The van der Waals surface area contributed by atoms with Crippen LogP contribution in [0.25, 0.3) is 0 Å². The normalized spacial score (nSPS) is 19.8. The average Bonchev–Trinajstić information content (AvgIpc) is 2.38. The van der Waals surface area contributed by atoms with Gasteiger partial charge in [-0.3, -0.25) is 4.79 Å². The summed E-state index contributed by atoms with van der Waals surface area (Å²) in [6.45, 7) is 9.84. The Labute approximate surface area is 121 Å². The zero-order valence-corrected chi connectivity index (χ0v) is 12.9. The SMILES string of the molecule is Cc1ccc(N2CCCC(C(=O)NC(C)(C)C)C2)nc1. The largest absolute Gasteiger partial charge is 0.356 e. The maximum Gasteiger partial charge on any atom is 0.225 e. The lowest BCUT2D eigenvalue weighted by molar-refractivity contribution is -0.126. The number of nitrogens with zero attached hydrogens (tertiary/aromatic N) is 2. The number of anilines is 1. The summed E-state index contributed by atoms with van der Waals surface area (Å²) >= 11 is 0. The summed E-state index contributed by atoms with van der Waals surface area (Å²) in [6.07, 6.45) is 3.89. The third-order valence-electron chi connectivity index (χ3n) is 3.51.